The van der Waals surface area contributed by atoms with Crippen molar-refractivity contribution < 1.29 is 61.6 Å². The molecule has 30 heavy (non-hydrogen) atoms. The van der Waals surface area contributed by atoms with E-state index in [2.05, 4.69) is 4.74 Å². The van der Waals surface area contributed by atoms with E-state index in [0.29, 0.717) is 19.8 Å². The van der Waals surface area contributed by atoms with Crippen molar-refractivity contribution in [2.75, 3.05) is 52.7 Å². The minimum Gasteiger partial charge on any atom is -1.00 e. The molecule has 1 aliphatic rings. The van der Waals surface area contributed by atoms with Crippen LogP contribution >= 0.6 is 0 Å². The molecule has 1 unspecified atom stereocenters. The van der Waals surface area contributed by atoms with Gasteiger partial charge in [-0.3, -0.25) is 0 Å². The zero-order chi connectivity index (χ0) is 21.5. The molecule has 1 rings (SSSR count). The number of carbonyl (C=O) groups excluding carboxylic acids is 4. The third-order valence-electron chi connectivity index (χ3n) is 3.69. The molecule has 0 aromatic rings. The summed E-state index contributed by atoms with van der Waals surface area (Å²) in [5.41, 5.74) is 0. The van der Waals surface area contributed by atoms with Gasteiger partial charge in [-0.05, 0) is 13.8 Å². The number of halogens is 1. The molecule has 0 amide bonds. The Morgan fingerprint density at radius 3 is 1.83 bits per heavy atom. The molecule has 1 N–H and O–H groups in total. The molecule has 0 bridgehead atoms. The van der Waals surface area contributed by atoms with Crippen molar-refractivity contribution in [1.29, 1.82) is 0 Å². The normalized spacial score (nSPS) is 15.3. The summed E-state index contributed by atoms with van der Waals surface area (Å²) in [7, 11) is 0. The zero-order valence-electron chi connectivity index (χ0n) is 17.1. The molecule has 1 saturated heterocycles. The molecule has 1 aliphatic heterocycles. The van der Waals surface area contributed by atoms with Gasteiger partial charge in [0.05, 0.1) is 26.4 Å². The molecule has 0 spiro atoms. The first-order valence-corrected chi connectivity index (χ1v) is 9.42. The molecule has 0 aromatic heterocycles. The summed E-state index contributed by atoms with van der Waals surface area (Å²) in [5.74, 6) is -2.84. The fraction of sp³-hybridized carbons (Fsp3) is 0.579. The number of hydrogen-bond donors (Lipinski definition) is 1. The van der Waals surface area contributed by atoms with Crippen molar-refractivity contribution in [1.82, 2.24) is 0 Å². The van der Waals surface area contributed by atoms with Crippen LogP contribution in [0.3, 0.4) is 0 Å². The number of carbonyl (C=O) groups is 4. The largest absolute Gasteiger partial charge is 1.00 e. The maximum Gasteiger partial charge on any atom is 0.331 e. The minimum atomic E-state index is -0.766. The van der Waals surface area contributed by atoms with E-state index in [9.17, 15) is 19.2 Å². The third-order valence-corrected chi connectivity index (χ3v) is 3.69. The van der Waals surface area contributed by atoms with Gasteiger partial charge in [0.25, 0.3) is 0 Å². The molecule has 0 radical (unpaired) electrons. The van der Waals surface area contributed by atoms with Gasteiger partial charge in [-0.15, -0.1) is 0 Å². The van der Waals surface area contributed by atoms with Gasteiger partial charge in [-0.1, -0.05) is 0 Å². The molecule has 1 fully saturated rings. The minimum absolute atomic E-state index is 0. The molecule has 0 saturated carbocycles. The van der Waals surface area contributed by atoms with Gasteiger partial charge in [0.15, 0.2) is 6.10 Å². The average Bonchev–Trinajstić information content (AvgIpc) is 2.70. The number of ether oxygens (including phenoxy) is 5. The van der Waals surface area contributed by atoms with Gasteiger partial charge in [-0.2, -0.15) is 0 Å². The van der Waals surface area contributed by atoms with Gasteiger partial charge in [0, 0.05) is 25.7 Å². The maximum atomic E-state index is 12.0. The van der Waals surface area contributed by atoms with Crippen molar-refractivity contribution in [3.8, 4) is 0 Å². The van der Waals surface area contributed by atoms with E-state index < -0.39 is 30.0 Å². The number of esters is 4. The van der Waals surface area contributed by atoms with E-state index in [1.54, 1.807) is 13.8 Å². The van der Waals surface area contributed by atoms with Crippen LogP contribution in [0.4, 0.5) is 0 Å². The Morgan fingerprint density at radius 2 is 1.33 bits per heavy atom. The Labute approximate surface area is 183 Å². The van der Waals surface area contributed by atoms with Gasteiger partial charge in [0.2, 0.25) is 0 Å². The lowest BCUT2D eigenvalue weighted by Gasteiger charge is -2.27. The first kappa shape index (κ1) is 27.6. The fourth-order valence-electron chi connectivity index (χ4n) is 2.40. The van der Waals surface area contributed by atoms with Crippen LogP contribution in [0.5, 0.6) is 0 Å². The Kier molecular flexibility index (Phi) is 15.0. The summed E-state index contributed by atoms with van der Waals surface area (Å²) in [5, 5.41) is 0. The van der Waals surface area contributed by atoms with Crippen molar-refractivity contribution in [2.45, 2.75) is 20.0 Å². The van der Waals surface area contributed by atoms with Gasteiger partial charge in [-0.25, -0.2) is 19.2 Å². The van der Waals surface area contributed by atoms with Gasteiger partial charge in [0.1, 0.15) is 26.2 Å². The highest BCUT2D eigenvalue weighted by Crippen LogP contribution is 1.97. The monoisotopic (exact) mass is 451 g/mol. The third kappa shape index (κ3) is 12.9. The van der Waals surface area contributed by atoms with E-state index in [-0.39, 0.29) is 33.7 Å². The second-order valence-corrected chi connectivity index (χ2v) is 5.93. The number of nitrogens with one attached hydrogen (secondary N) is 1. The quantitative estimate of drug-likeness (QED) is 0.190. The molecule has 1 atom stereocenters. The number of hydrogen-bond acceptors (Lipinski definition) is 9. The second kappa shape index (κ2) is 16.4. The summed E-state index contributed by atoms with van der Waals surface area (Å²) in [6.07, 6.45) is 3.10. The van der Waals surface area contributed by atoms with Crippen LogP contribution in [0, 0.1) is 0 Å². The lowest BCUT2D eigenvalue weighted by molar-refractivity contribution is -0.910. The zero-order valence-corrected chi connectivity index (χ0v) is 17.9. The van der Waals surface area contributed by atoms with Crippen molar-refractivity contribution in [3.05, 3.63) is 24.3 Å². The van der Waals surface area contributed by atoms with Crippen molar-refractivity contribution in [3.63, 3.8) is 0 Å². The molecule has 172 valence electrons. The summed E-state index contributed by atoms with van der Waals surface area (Å²) in [6.45, 7) is 6.50. The molecule has 0 aromatic carbocycles. The second-order valence-electron chi connectivity index (χ2n) is 5.93. The standard InChI is InChI=1S/C19H27NO9.ClH.H2/c1-3-26-16(21)5-6-18(23)28-14-15(13-20-9-11-25-12-10-20)29-19(24)8-7-17(22)27-4-2;;/h5-8,15H,3-4,9-14H2,1-2H3;2*1H/b6-5+,8-7+;;. The molecule has 0 aliphatic carbocycles. The Balaban J connectivity index is 0. The van der Waals surface area contributed by atoms with Crippen LogP contribution in [-0.4, -0.2) is 82.6 Å². The van der Waals surface area contributed by atoms with Crippen LogP contribution in [0.1, 0.15) is 15.3 Å². The van der Waals surface area contributed by atoms with Crippen LogP contribution in [0.2, 0.25) is 0 Å². The molecule has 11 heteroatoms. The highest BCUT2D eigenvalue weighted by Gasteiger charge is 2.24. The first-order chi connectivity index (χ1) is 13.9. The number of morpholine rings is 1. The maximum absolute atomic E-state index is 12.0. The lowest BCUT2D eigenvalue weighted by Crippen LogP contribution is -3.15. The summed E-state index contributed by atoms with van der Waals surface area (Å²) in [4.78, 5) is 47.4. The van der Waals surface area contributed by atoms with Crippen molar-refractivity contribution in [2.24, 2.45) is 0 Å². The molecular weight excluding hydrogens is 422 g/mol. The predicted octanol–water partition coefficient (Wildman–Crippen LogP) is -4.15. The molecule has 10 nitrogen and oxygen atoms in total. The number of quaternary nitrogens is 1. The predicted molar refractivity (Wildman–Crippen MR) is 101 cm³/mol. The van der Waals surface area contributed by atoms with E-state index in [4.69, 9.17) is 18.9 Å². The van der Waals surface area contributed by atoms with Crippen LogP contribution in [-0.2, 0) is 42.9 Å². The lowest BCUT2D eigenvalue weighted by atomic mass is 10.3. The summed E-state index contributed by atoms with van der Waals surface area (Å²) >= 11 is 0. The number of rotatable bonds is 11. The van der Waals surface area contributed by atoms with E-state index in [0.717, 1.165) is 42.3 Å². The van der Waals surface area contributed by atoms with Crippen LogP contribution in [0.25, 0.3) is 0 Å². The topological polar surface area (TPSA) is 119 Å². The van der Waals surface area contributed by atoms with E-state index >= 15 is 0 Å². The summed E-state index contributed by atoms with van der Waals surface area (Å²) in [6, 6.07) is 0. The van der Waals surface area contributed by atoms with Gasteiger partial charge < -0.3 is 41.0 Å². The fourth-order valence-corrected chi connectivity index (χ4v) is 2.40. The summed E-state index contributed by atoms with van der Waals surface area (Å²) < 4.78 is 25.0. The smallest absolute Gasteiger partial charge is 0.331 e. The van der Waals surface area contributed by atoms with E-state index in [1.165, 1.54) is 0 Å². The highest BCUT2D eigenvalue weighted by molar-refractivity contribution is 5.92. The average molecular weight is 452 g/mol. The highest BCUT2D eigenvalue weighted by atomic mass is 35.5. The Bertz CT molecular complexity index is 621. The van der Waals surface area contributed by atoms with Crippen molar-refractivity contribution >= 4 is 23.9 Å². The van der Waals surface area contributed by atoms with Gasteiger partial charge >= 0.3 is 23.9 Å². The molecule has 1 heterocycles. The van der Waals surface area contributed by atoms with Crippen LogP contribution in [0.15, 0.2) is 24.3 Å². The van der Waals surface area contributed by atoms with E-state index in [1.807, 2.05) is 0 Å². The first-order valence-electron chi connectivity index (χ1n) is 9.42. The SMILES string of the molecule is CCOC(=O)/C=C/C(=O)OCC(C[NH+]1CCOCC1)OC(=O)/C=C/C(=O)OCC.[Cl-].[HH]. The Morgan fingerprint density at radius 1 is 0.867 bits per heavy atom. The molecular formula is C19H30ClNO9. The Hall–Kier alpha value is -2.43. The van der Waals surface area contributed by atoms with Crippen LogP contribution < -0.4 is 17.3 Å².